The van der Waals surface area contributed by atoms with Crippen LogP contribution >= 0.6 is 0 Å². The number of hydrogen-bond donors (Lipinski definition) is 6. The summed E-state index contributed by atoms with van der Waals surface area (Å²) in [5.74, 6) is -0.181. The summed E-state index contributed by atoms with van der Waals surface area (Å²) in [4.78, 5) is 13.2. The van der Waals surface area contributed by atoms with Gasteiger partial charge in [0.2, 0.25) is 5.91 Å². The van der Waals surface area contributed by atoms with Crippen molar-refractivity contribution in [2.45, 2.75) is 480 Å². The van der Waals surface area contributed by atoms with E-state index in [1.54, 1.807) is 6.08 Å². The Balaban J connectivity index is 2.06. The van der Waals surface area contributed by atoms with Crippen molar-refractivity contribution < 1.29 is 39.8 Å². The quantitative estimate of drug-likeness (QED) is 0.0261. The summed E-state index contributed by atoms with van der Waals surface area (Å²) in [6, 6.07) is -0.829. The van der Waals surface area contributed by atoms with Crippen molar-refractivity contribution in [3.63, 3.8) is 0 Å². The Morgan fingerprint density at radius 2 is 0.613 bits per heavy atom. The summed E-state index contributed by atoms with van der Waals surface area (Å²) in [7, 11) is 0. The Labute approximate surface area is 578 Å². The molecule has 7 atom stereocenters. The van der Waals surface area contributed by atoms with E-state index in [1.807, 2.05) is 6.08 Å². The van der Waals surface area contributed by atoms with E-state index < -0.39 is 49.5 Å². The highest BCUT2D eigenvalue weighted by Gasteiger charge is 2.44. The van der Waals surface area contributed by atoms with E-state index in [9.17, 15) is 30.3 Å². The number of hydrogen-bond acceptors (Lipinski definition) is 8. The fourth-order valence-corrected chi connectivity index (χ4v) is 13.7. The summed E-state index contributed by atoms with van der Waals surface area (Å²) >= 11 is 0. The number of aliphatic hydroxyl groups excluding tert-OH is 5. The number of rotatable bonds is 75. The molecule has 6 N–H and O–H groups in total. The third-order valence-corrected chi connectivity index (χ3v) is 20.2. The molecule has 1 amide bonds. The van der Waals surface area contributed by atoms with Gasteiger partial charge in [0.15, 0.2) is 6.29 Å². The molecule has 0 aromatic heterocycles. The first kappa shape index (κ1) is 89.4. The van der Waals surface area contributed by atoms with Crippen LogP contribution in [0.1, 0.15) is 438 Å². The lowest BCUT2D eigenvalue weighted by Crippen LogP contribution is -2.60. The molecule has 1 saturated heterocycles. The minimum Gasteiger partial charge on any atom is -0.394 e. The molecule has 0 saturated carbocycles. The van der Waals surface area contributed by atoms with Crippen LogP contribution in [0.25, 0.3) is 0 Å². The van der Waals surface area contributed by atoms with Crippen LogP contribution in [0.4, 0.5) is 0 Å². The fourth-order valence-electron chi connectivity index (χ4n) is 13.7. The highest BCUT2D eigenvalue weighted by Crippen LogP contribution is 2.24. The van der Waals surface area contributed by atoms with Crippen LogP contribution in [0.2, 0.25) is 0 Å². The number of allylic oxidation sites excluding steroid dienone is 5. The largest absolute Gasteiger partial charge is 0.394 e. The lowest BCUT2D eigenvalue weighted by atomic mass is 9.99. The third kappa shape index (κ3) is 61.3. The number of carbonyl (C=O) groups excluding carboxylic acids is 1. The van der Waals surface area contributed by atoms with Gasteiger partial charge in [0.1, 0.15) is 24.4 Å². The van der Waals surface area contributed by atoms with Gasteiger partial charge in [-0.05, 0) is 44.9 Å². The number of unbranched alkanes of at least 4 members (excludes halogenated alkanes) is 61. The van der Waals surface area contributed by atoms with Crippen LogP contribution < -0.4 is 5.32 Å². The predicted octanol–water partition coefficient (Wildman–Crippen LogP) is 24.1. The summed E-state index contributed by atoms with van der Waals surface area (Å²) < 4.78 is 11.3. The Hall–Kier alpha value is -1.59. The van der Waals surface area contributed by atoms with Gasteiger partial charge < -0.3 is 40.3 Å². The van der Waals surface area contributed by atoms with Gasteiger partial charge in [-0.15, -0.1) is 0 Å². The molecule has 93 heavy (non-hydrogen) atoms. The molecule has 0 bridgehead atoms. The Kier molecular flexibility index (Phi) is 70.3. The van der Waals surface area contributed by atoms with Crippen molar-refractivity contribution in [1.29, 1.82) is 0 Å². The number of carbonyl (C=O) groups is 1. The van der Waals surface area contributed by atoms with Crippen molar-refractivity contribution in [2.75, 3.05) is 13.2 Å². The summed E-state index contributed by atoms with van der Waals surface area (Å²) in [6.45, 7) is 3.83. The topological polar surface area (TPSA) is 149 Å². The minimum atomic E-state index is -1.58. The Bertz CT molecular complexity index is 1570. The molecule has 0 spiro atoms. The molecule has 1 aliphatic heterocycles. The van der Waals surface area contributed by atoms with Crippen molar-refractivity contribution >= 4 is 5.91 Å². The van der Waals surface area contributed by atoms with Gasteiger partial charge in [0.25, 0.3) is 0 Å². The first-order valence-corrected chi connectivity index (χ1v) is 41.7. The molecule has 9 nitrogen and oxygen atoms in total. The molecule has 0 aromatic carbocycles. The van der Waals surface area contributed by atoms with Crippen molar-refractivity contribution in [1.82, 2.24) is 5.32 Å². The van der Waals surface area contributed by atoms with Gasteiger partial charge in [-0.3, -0.25) is 4.79 Å². The van der Waals surface area contributed by atoms with Gasteiger partial charge in [0, 0.05) is 6.42 Å². The molecule has 1 aliphatic rings. The van der Waals surface area contributed by atoms with Gasteiger partial charge in [-0.25, -0.2) is 0 Å². The monoisotopic (exact) mass is 1310 g/mol. The van der Waals surface area contributed by atoms with Gasteiger partial charge in [-0.1, -0.05) is 423 Å². The van der Waals surface area contributed by atoms with Crippen molar-refractivity contribution in [3.8, 4) is 0 Å². The van der Waals surface area contributed by atoms with Crippen molar-refractivity contribution in [2.24, 2.45) is 0 Å². The third-order valence-electron chi connectivity index (χ3n) is 20.2. The van der Waals surface area contributed by atoms with Crippen LogP contribution in [0, 0.1) is 0 Å². The fraction of sp³-hybridized carbons (Fsp3) is 0.917. The maximum Gasteiger partial charge on any atom is 0.220 e. The van der Waals surface area contributed by atoms with E-state index in [1.165, 1.54) is 372 Å². The van der Waals surface area contributed by atoms with E-state index in [0.29, 0.717) is 6.42 Å². The summed E-state index contributed by atoms with van der Waals surface area (Å²) in [5.41, 5.74) is 0. The maximum atomic E-state index is 13.2. The van der Waals surface area contributed by atoms with E-state index in [-0.39, 0.29) is 12.5 Å². The SMILES string of the molecule is CCCCCCCCCCCCCCCCCCCCCCCC/C=C/CC/C=C/CC/C=C/C(O)C(COC1OC(CO)C(O)C(O)C1O)NC(=O)CCCCCCCCCCCCCCCCCCCCCCCCCCCCCCCCCCCCCCCC. The first-order valence-electron chi connectivity index (χ1n) is 41.7. The van der Waals surface area contributed by atoms with Crippen LogP contribution in [0.15, 0.2) is 36.5 Å². The lowest BCUT2D eigenvalue weighted by Gasteiger charge is -2.40. The molecule has 0 aromatic rings. The standard InChI is InChI=1S/C84H161NO8/c1-3-5-7-9-11-13-15-17-19-21-23-25-27-29-31-33-35-37-38-39-40-41-42-44-46-48-50-52-54-56-58-60-62-64-66-68-70-72-74-80(88)85-77(76-92-84-83(91)82(90)81(89)79(75-86)93-84)78(87)73-71-69-67-65-63-61-59-57-55-53-51-49-47-45-43-36-34-32-30-28-26-24-22-20-18-16-14-12-10-8-6-4-2/h55,57,63,65,71,73,77-79,81-84,86-87,89-91H,3-54,56,58-62,64,66-70,72,74-76H2,1-2H3,(H,85,88)/b57-55+,65-63+,73-71+. The highest BCUT2D eigenvalue weighted by molar-refractivity contribution is 5.76. The molecule has 7 unspecified atom stereocenters. The summed E-state index contributed by atoms with van der Waals surface area (Å²) in [6.07, 6.45) is 93.3. The van der Waals surface area contributed by atoms with E-state index in [2.05, 4.69) is 43.5 Å². The molecule has 9 heteroatoms. The van der Waals surface area contributed by atoms with Gasteiger partial charge in [0.05, 0.1) is 25.4 Å². The molecule has 1 heterocycles. The molecule has 0 radical (unpaired) electrons. The minimum absolute atomic E-state index is 0.181. The molecule has 1 rings (SSSR count). The van der Waals surface area contributed by atoms with Gasteiger partial charge >= 0.3 is 0 Å². The zero-order valence-corrected chi connectivity index (χ0v) is 62.0. The van der Waals surface area contributed by atoms with E-state index >= 15 is 0 Å². The molecule has 0 aliphatic carbocycles. The molecule has 550 valence electrons. The molecular formula is C84H161NO8. The zero-order chi connectivity index (χ0) is 67.1. The lowest BCUT2D eigenvalue weighted by molar-refractivity contribution is -0.302. The molecular weight excluding hydrogens is 1150 g/mol. The van der Waals surface area contributed by atoms with Crippen LogP contribution in [-0.2, 0) is 14.3 Å². The predicted molar refractivity (Wildman–Crippen MR) is 401 cm³/mol. The zero-order valence-electron chi connectivity index (χ0n) is 62.0. The number of aliphatic hydroxyl groups is 5. The first-order chi connectivity index (χ1) is 45.8. The normalized spacial score (nSPS) is 17.7. The van der Waals surface area contributed by atoms with E-state index in [0.717, 1.165) is 44.9 Å². The number of ether oxygens (including phenoxy) is 2. The number of amides is 1. The number of nitrogens with one attached hydrogen (secondary N) is 1. The Morgan fingerprint density at radius 1 is 0.355 bits per heavy atom. The maximum absolute atomic E-state index is 13.2. The second-order valence-corrected chi connectivity index (χ2v) is 29.3. The summed E-state index contributed by atoms with van der Waals surface area (Å²) in [5, 5.41) is 54.9. The second-order valence-electron chi connectivity index (χ2n) is 29.3. The van der Waals surface area contributed by atoms with Crippen molar-refractivity contribution in [3.05, 3.63) is 36.5 Å². The average molecular weight is 1310 g/mol. The van der Waals surface area contributed by atoms with Crippen LogP contribution in [-0.4, -0.2) is 87.5 Å². The Morgan fingerprint density at radius 3 is 0.903 bits per heavy atom. The average Bonchev–Trinajstić information content (AvgIpc) is 1.04. The van der Waals surface area contributed by atoms with Gasteiger partial charge in [-0.2, -0.15) is 0 Å². The van der Waals surface area contributed by atoms with Crippen LogP contribution in [0.5, 0.6) is 0 Å². The smallest absolute Gasteiger partial charge is 0.220 e. The highest BCUT2D eigenvalue weighted by atomic mass is 16.7. The molecule has 1 fully saturated rings. The van der Waals surface area contributed by atoms with E-state index in [4.69, 9.17) is 9.47 Å². The van der Waals surface area contributed by atoms with Crippen LogP contribution in [0.3, 0.4) is 0 Å². The second kappa shape index (κ2) is 73.1.